The third-order valence-corrected chi connectivity index (χ3v) is 7.91. The number of carbonyl (C=O) groups is 2. The molecular weight excluding hydrogens is 424 g/mol. The lowest BCUT2D eigenvalue weighted by molar-refractivity contribution is -0.138. The van der Waals surface area contributed by atoms with Crippen molar-refractivity contribution in [1.82, 2.24) is 9.80 Å². The van der Waals surface area contributed by atoms with Gasteiger partial charge < -0.3 is 14.2 Å². The average Bonchev–Trinajstić information content (AvgIpc) is 3.80. The van der Waals surface area contributed by atoms with E-state index in [1.54, 1.807) is 0 Å². The maximum absolute atomic E-state index is 13.5. The molecule has 0 spiro atoms. The SMILES string of the molecule is CC1CC1c1ccc(CN(C(=O)C2CCN(C(=O)c3cccc4ccccc34)CC2)C2CC2)o1. The first-order valence-electron chi connectivity index (χ1n) is 12.7. The van der Waals surface area contributed by atoms with E-state index in [4.69, 9.17) is 4.42 Å². The molecule has 5 nitrogen and oxygen atoms in total. The number of rotatable bonds is 6. The molecule has 176 valence electrons. The van der Waals surface area contributed by atoms with Crippen molar-refractivity contribution in [2.75, 3.05) is 13.1 Å². The number of likely N-dealkylation sites (tertiary alicyclic amines) is 1. The fraction of sp³-hybridized carbons (Fsp3) is 0.448. The number of carbonyl (C=O) groups excluding carboxylic acids is 2. The fourth-order valence-corrected chi connectivity index (χ4v) is 5.48. The summed E-state index contributed by atoms with van der Waals surface area (Å²) in [6.07, 6.45) is 4.81. The van der Waals surface area contributed by atoms with Crippen LogP contribution in [-0.4, -0.2) is 40.7 Å². The van der Waals surface area contributed by atoms with Crippen molar-refractivity contribution >= 4 is 22.6 Å². The van der Waals surface area contributed by atoms with Gasteiger partial charge in [0.25, 0.3) is 5.91 Å². The quantitative estimate of drug-likeness (QED) is 0.485. The van der Waals surface area contributed by atoms with E-state index in [1.165, 1.54) is 6.42 Å². The Balaban J connectivity index is 1.10. The van der Waals surface area contributed by atoms with Gasteiger partial charge in [0.05, 0.1) is 6.54 Å². The lowest BCUT2D eigenvalue weighted by atomic mass is 9.94. The highest BCUT2D eigenvalue weighted by atomic mass is 16.3. The maximum atomic E-state index is 13.5. The van der Waals surface area contributed by atoms with E-state index in [-0.39, 0.29) is 17.7 Å². The average molecular weight is 457 g/mol. The van der Waals surface area contributed by atoms with Crippen LogP contribution in [0, 0.1) is 11.8 Å². The molecule has 0 N–H and O–H groups in total. The largest absolute Gasteiger partial charge is 0.464 e. The van der Waals surface area contributed by atoms with Crippen LogP contribution in [0.25, 0.3) is 10.8 Å². The highest BCUT2D eigenvalue weighted by molar-refractivity contribution is 6.07. The molecule has 0 radical (unpaired) electrons. The van der Waals surface area contributed by atoms with Crippen LogP contribution in [0.5, 0.6) is 0 Å². The molecule has 2 aromatic carbocycles. The van der Waals surface area contributed by atoms with Crippen LogP contribution in [0.3, 0.4) is 0 Å². The summed E-state index contributed by atoms with van der Waals surface area (Å²) >= 11 is 0. The molecule has 2 amide bonds. The van der Waals surface area contributed by atoms with E-state index < -0.39 is 0 Å². The summed E-state index contributed by atoms with van der Waals surface area (Å²) in [6.45, 7) is 4.08. The molecule has 2 saturated carbocycles. The van der Waals surface area contributed by atoms with Gasteiger partial charge in [-0.3, -0.25) is 9.59 Å². The highest BCUT2D eigenvalue weighted by Gasteiger charge is 2.39. The fourth-order valence-electron chi connectivity index (χ4n) is 5.48. The molecule has 6 rings (SSSR count). The summed E-state index contributed by atoms with van der Waals surface area (Å²) in [5.41, 5.74) is 0.751. The highest BCUT2D eigenvalue weighted by Crippen LogP contribution is 2.47. The second-order valence-electron chi connectivity index (χ2n) is 10.4. The first kappa shape index (κ1) is 21.5. The molecule has 3 fully saturated rings. The number of benzene rings is 2. The number of hydrogen-bond acceptors (Lipinski definition) is 3. The van der Waals surface area contributed by atoms with Crippen LogP contribution in [0.15, 0.2) is 59.0 Å². The van der Waals surface area contributed by atoms with Gasteiger partial charge in [-0.15, -0.1) is 0 Å². The third kappa shape index (κ3) is 4.13. The zero-order valence-electron chi connectivity index (χ0n) is 19.8. The molecule has 2 atom stereocenters. The minimum absolute atomic E-state index is 0.0185. The monoisotopic (exact) mass is 456 g/mol. The smallest absolute Gasteiger partial charge is 0.254 e. The Morgan fingerprint density at radius 2 is 1.71 bits per heavy atom. The number of fused-ring (bicyclic) bond motifs is 1. The van der Waals surface area contributed by atoms with Crippen LogP contribution >= 0.6 is 0 Å². The molecule has 34 heavy (non-hydrogen) atoms. The summed E-state index contributed by atoms with van der Waals surface area (Å²) in [5, 5.41) is 2.07. The van der Waals surface area contributed by atoms with Crippen molar-refractivity contribution in [2.24, 2.45) is 11.8 Å². The summed E-state index contributed by atoms with van der Waals surface area (Å²) in [5.74, 6) is 3.53. The van der Waals surface area contributed by atoms with Gasteiger partial charge in [0, 0.05) is 36.5 Å². The number of furan rings is 1. The number of hydrogen-bond donors (Lipinski definition) is 0. The van der Waals surface area contributed by atoms with E-state index >= 15 is 0 Å². The van der Waals surface area contributed by atoms with Gasteiger partial charge in [-0.1, -0.05) is 43.3 Å². The first-order valence-corrected chi connectivity index (χ1v) is 12.7. The van der Waals surface area contributed by atoms with Gasteiger partial charge >= 0.3 is 0 Å². The summed E-state index contributed by atoms with van der Waals surface area (Å²) in [4.78, 5) is 30.7. The second-order valence-corrected chi connectivity index (χ2v) is 10.4. The van der Waals surface area contributed by atoms with E-state index in [2.05, 4.69) is 19.1 Å². The van der Waals surface area contributed by atoms with Crippen LogP contribution in [-0.2, 0) is 11.3 Å². The van der Waals surface area contributed by atoms with E-state index in [1.807, 2.05) is 52.3 Å². The lowest BCUT2D eigenvalue weighted by Gasteiger charge is -2.34. The minimum atomic E-state index is -0.0185. The van der Waals surface area contributed by atoms with Gasteiger partial charge in [-0.25, -0.2) is 0 Å². The van der Waals surface area contributed by atoms with Crippen molar-refractivity contribution in [3.05, 3.63) is 71.7 Å². The van der Waals surface area contributed by atoms with Crippen LogP contribution in [0.4, 0.5) is 0 Å². The first-order chi connectivity index (χ1) is 16.6. The van der Waals surface area contributed by atoms with Gasteiger partial charge in [-0.05, 0) is 67.0 Å². The van der Waals surface area contributed by atoms with Crippen LogP contribution in [0.1, 0.15) is 66.8 Å². The zero-order valence-corrected chi connectivity index (χ0v) is 19.8. The van der Waals surface area contributed by atoms with Crippen molar-refractivity contribution in [3.8, 4) is 0 Å². The Morgan fingerprint density at radius 1 is 0.971 bits per heavy atom. The van der Waals surface area contributed by atoms with Gasteiger partial charge in [0.2, 0.25) is 5.91 Å². The second kappa shape index (κ2) is 8.61. The molecule has 1 aromatic heterocycles. The Hall–Kier alpha value is -3.08. The van der Waals surface area contributed by atoms with Crippen molar-refractivity contribution < 1.29 is 14.0 Å². The molecule has 1 aliphatic heterocycles. The molecule has 2 aliphatic carbocycles. The van der Waals surface area contributed by atoms with Crippen molar-refractivity contribution in [3.63, 3.8) is 0 Å². The van der Waals surface area contributed by atoms with Crippen molar-refractivity contribution in [1.29, 1.82) is 0 Å². The van der Waals surface area contributed by atoms with Crippen LogP contribution in [0.2, 0.25) is 0 Å². The van der Waals surface area contributed by atoms with Crippen LogP contribution < -0.4 is 0 Å². The number of piperidine rings is 1. The predicted octanol–water partition coefficient (Wildman–Crippen LogP) is 5.60. The minimum Gasteiger partial charge on any atom is -0.464 e. The summed E-state index contributed by atoms with van der Waals surface area (Å²) < 4.78 is 6.11. The van der Waals surface area contributed by atoms with Gasteiger partial charge in [0.1, 0.15) is 11.5 Å². The van der Waals surface area contributed by atoms with E-state index in [0.29, 0.717) is 37.5 Å². The Morgan fingerprint density at radius 3 is 2.44 bits per heavy atom. The topological polar surface area (TPSA) is 53.8 Å². The molecule has 2 unspecified atom stereocenters. The molecule has 2 heterocycles. The molecular formula is C29H32N2O3. The summed E-state index contributed by atoms with van der Waals surface area (Å²) in [6, 6.07) is 18.4. The standard InChI is InChI=1S/C29H32N2O3/c1-19-17-26(19)27-12-11-23(34-27)18-31(22-9-10-22)28(32)21-13-15-30(16-14-21)29(33)25-8-4-6-20-5-2-3-7-24(20)25/h2-8,11-12,19,21-22,26H,9-10,13-18H2,1H3. The van der Waals surface area contributed by atoms with Gasteiger partial charge in [0.15, 0.2) is 0 Å². The Bertz CT molecular complexity index is 1210. The Kier molecular flexibility index (Phi) is 5.43. The summed E-state index contributed by atoms with van der Waals surface area (Å²) in [7, 11) is 0. The molecule has 0 bridgehead atoms. The normalized spacial score (nSPS) is 22.7. The van der Waals surface area contributed by atoms with Crippen molar-refractivity contribution in [2.45, 2.75) is 57.5 Å². The molecule has 5 heteroatoms. The molecule has 3 aromatic rings. The number of amides is 2. The lowest BCUT2D eigenvalue weighted by Crippen LogP contribution is -2.44. The molecule has 3 aliphatic rings. The third-order valence-electron chi connectivity index (χ3n) is 7.91. The predicted molar refractivity (Wildman–Crippen MR) is 131 cm³/mol. The van der Waals surface area contributed by atoms with E-state index in [0.717, 1.165) is 53.5 Å². The Labute approximate surface area is 200 Å². The zero-order chi connectivity index (χ0) is 23.2. The van der Waals surface area contributed by atoms with E-state index in [9.17, 15) is 9.59 Å². The number of nitrogens with zero attached hydrogens (tertiary/aromatic N) is 2. The molecule has 1 saturated heterocycles. The van der Waals surface area contributed by atoms with Gasteiger partial charge in [-0.2, -0.15) is 0 Å². The maximum Gasteiger partial charge on any atom is 0.254 e.